The first kappa shape index (κ1) is 36.8. The molecule has 0 unspecified atom stereocenters. The quantitative estimate of drug-likeness (QED) is 0.141. The third-order valence-electron chi connectivity index (χ3n) is 12.0. The van der Waals surface area contributed by atoms with E-state index in [0.29, 0.717) is 0 Å². The minimum atomic E-state index is 1.08. The molecule has 0 amide bonds. The van der Waals surface area contributed by atoms with Crippen LogP contribution >= 0.6 is 0 Å². The molecular formula is C60H42N2. The Kier molecular flexibility index (Phi) is 9.57. The van der Waals surface area contributed by atoms with Gasteiger partial charge in [-0.3, -0.25) is 0 Å². The molecule has 11 rings (SSSR count). The number of benzene rings is 10. The summed E-state index contributed by atoms with van der Waals surface area (Å²) in [6.07, 6.45) is 0. The van der Waals surface area contributed by atoms with Crippen molar-refractivity contribution >= 4 is 38.9 Å². The van der Waals surface area contributed by atoms with Gasteiger partial charge in [-0.25, -0.2) is 0 Å². The van der Waals surface area contributed by atoms with Crippen molar-refractivity contribution in [2.45, 2.75) is 0 Å². The van der Waals surface area contributed by atoms with E-state index in [4.69, 9.17) is 0 Å². The van der Waals surface area contributed by atoms with Crippen molar-refractivity contribution in [1.29, 1.82) is 0 Å². The van der Waals surface area contributed by atoms with Crippen LogP contribution in [0, 0.1) is 0 Å². The van der Waals surface area contributed by atoms with Crippen molar-refractivity contribution in [1.82, 2.24) is 4.57 Å². The summed E-state index contributed by atoms with van der Waals surface area (Å²) in [5.74, 6) is 0. The van der Waals surface area contributed by atoms with Crippen LogP contribution in [0.3, 0.4) is 0 Å². The molecule has 0 radical (unpaired) electrons. The zero-order valence-corrected chi connectivity index (χ0v) is 34.1. The van der Waals surface area contributed by atoms with Crippen LogP contribution in [0.25, 0.3) is 83.1 Å². The van der Waals surface area contributed by atoms with E-state index < -0.39 is 0 Å². The van der Waals surface area contributed by atoms with Gasteiger partial charge in [-0.15, -0.1) is 0 Å². The number of fused-ring (bicyclic) bond motifs is 3. The van der Waals surface area contributed by atoms with Crippen LogP contribution in [0.15, 0.2) is 255 Å². The van der Waals surface area contributed by atoms with Crippen molar-refractivity contribution in [3.63, 3.8) is 0 Å². The van der Waals surface area contributed by atoms with E-state index >= 15 is 0 Å². The van der Waals surface area contributed by atoms with Gasteiger partial charge < -0.3 is 9.47 Å². The summed E-state index contributed by atoms with van der Waals surface area (Å²) >= 11 is 0. The van der Waals surface area contributed by atoms with Gasteiger partial charge in [-0.05, 0) is 93.0 Å². The number of anilines is 3. The average Bonchev–Trinajstić information content (AvgIpc) is 3.70. The van der Waals surface area contributed by atoms with Crippen LogP contribution in [-0.2, 0) is 0 Å². The van der Waals surface area contributed by atoms with Gasteiger partial charge in [0, 0.05) is 33.3 Å². The van der Waals surface area contributed by atoms with E-state index in [2.05, 4.69) is 264 Å². The number of para-hydroxylation sites is 2. The lowest BCUT2D eigenvalue weighted by atomic mass is 9.95. The van der Waals surface area contributed by atoms with Crippen molar-refractivity contribution in [3.8, 4) is 61.3 Å². The van der Waals surface area contributed by atoms with Crippen molar-refractivity contribution in [2.75, 3.05) is 4.90 Å². The first-order chi connectivity index (χ1) is 30.8. The first-order valence-corrected chi connectivity index (χ1v) is 21.3. The van der Waals surface area contributed by atoms with Crippen LogP contribution < -0.4 is 4.90 Å². The van der Waals surface area contributed by atoms with E-state index in [9.17, 15) is 0 Å². The predicted molar refractivity (Wildman–Crippen MR) is 263 cm³/mol. The van der Waals surface area contributed by atoms with Crippen LogP contribution in [0.4, 0.5) is 17.1 Å². The molecule has 0 aliphatic heterocycles. The summed E-state index contributed by atoms with van der Waals surface area (Å²) in [6, 6.07) is 92.0. The third kappa shape index (κ3) is 6.65. The molecule has 0 atom stereocenters. The molecule has 0 saturated heterocycles. The van der Waals surface area contributed by atoms with Crippen LogP contribution in [0.5, 0.6) is 0 Å². The maximum atomic E-state index is 2.49. The maximum Gasteiger partial charge on any atom is 0.0547 e. The Bertz CT molecular complexity index is 3120. The fraction of sp³-hybridized carbons (Fsp3) is 0. The molecule has 0 fully saturated rings. The number of aromatic nitrogens is 1. The van der Waals surface area contributed by atoms with Crippen molar-refractivity contribution in [2.24, 2.45) is 0 Å². The molecule has 0 aliphatic carbocycles. The second-order valence-electron chi connectivity index (χ2n) is 15.7. The molecule has 0 saturated carbocycles. The van der Waals surface area contributed by atoms with Crippen LogP contribution in [0.2, 0.25) is 0 Å². The summed E-state index contributed by atoms with van der Waals surface area (Å²) in [5.41, 5.74) is 18.6. The van der Waals surface area contributed by atoms with E-state index in [1.165, 1.54) is 66.3 Å². The molecule has 0 N–H and O–H groups in total. The molecule has 62 heavy (non-hydrogen) atoms. The largest absolute Gasteiger partial charge is 0.310 e. The molecule has 2 heteroatoms. The van der Waals surface area contributed by atoms with E-state index in [1.807, 2.05) is 0 Å². The molecule has 292 valence electrons. The SMILES string of the molecule is c1ccc(-c2ccc(N(c3ccc(-c4ccccc4)cc3)c3ccccc3-c3ccccc3-n3c4cccc(-c5ccccc5)c4c4c(-c5ccccc5)cccc43)cc2)cc1. The lowest BCUT2D eigenvalue weighted by Gasteiger charge is -2.29. The maximum absolute atomic E-state index is 2.49. The standard InChI is InChI=1S/C60H42N2/c1-5-19-43(20-6-1)45-35-39-49(40-36-45)61(50-41-37-46(38-42-50)44-21-7-2-8-22-44)55-31-15-13-27-53(55)54-28-14-16-32-56(54)62-57-33-17-29-51(47-23-9-3-10-24-47)59(57)60-52(30-18-34-58(60)62)48-25-11-4-12-26-48/h1-42H. The second kappa shape index (κ2) is 16.1. The predicted octanol–water partition coefficient (Wildman–Crippen LogP) is 16.6. The molecule has 11 aromatic rings. The van der Waals surface area contributed by atoms with Gasteiger partial charge in [0.25, 0.3) is 0 Å². The Hall–Kier alpha value is -8.20. The van der Waals surface area contributed by atoms with E-state index in [-0.39, 0.29) is 0 Å². The lowest BCUT2D eigenvalue weighted by Crippen LogP contribution is -2.11. The molecule has 0 spiro atoms. The Morgan fingerprint density at radius 1 is 0.242 bits per heavy atom. The smallest absolute Gasteiger partial charge is 0.0547 e. The third-order valence-corrected chi connectivity index (χ3v) is 12.0. The normalized spacial score (nSPS) is 11.2. The monoisotopic (exact) mass is 790 g/mol. The summed E-state index contributed by atoms with van der Waals surface area (Å²) in [4.78, 5) is 2.41. The molecule has 1 aromatic heterocycles. The highest BCUT2D eigenvalue weighted by atomic mass is 15.1. The Morgan fingerprint density at radius 3 is 1.06 bits per heavy atom. The molecule has 0 aliphatic rings. The number of hydrogen-bond acceptors (Lipinski definition) is 1. The Labute approximate surface area is 362 Å². The zero-order chi connectivity index (χ0) is 41.2. The minimum Gasteiger partial charge on any atom is -0.310 e. The molecule has 0 bridgehead atoms. The van der Waals surface area contributed by atoms with Gasteiger partial charge in [0.15, 0.2) is 0 Å². The summed E-state index contributed by atoms with van der Waals surface area (Å²) in [7, 11) is 0. The second-order valence-corrected chi connectivity index (χ2v) is 15.7. The first-order valence-electron chi connectivity index (χ1n) is 21.3. The summed E-state index contributed by atoms with van der Waals surface area (Å²) < 4.78 is 2.49. The number of hydrogen-bond donors (Lipinski definition) is 0. The van der Waals surface area contributed by atoms with Gasteiger partial charge in [-0.2, -0.15) is 0 Å². The van der Waals surface area contributed by atoms with Gasteiger partial charge >= 0.3 is 0 Å². The fourth-order valence-electron chi connectivity index (χ4n) is 9.17. The molecular weight excluding hydrogens is 749 g/mol. The molecule has 2 nitrogen and oxygen atoms in total. The fourth-order valence-corrected chi connectivity index (χ4v) is 9.17. The molecule has 10 aromatic carbocycles. The lowest BCUT2D eigenvalue weighted by molar-refractivity contribution is 1.18. The van der Waals surface area contributed by atoms with Crippen molar-refractivity contribution in [3.05, 3.63) is 255 Å². The van der Waals surface area contributed by atoms with Crippen LogP contribution in [0.1, 0.15) is 0 Å². The highest BCUT2D eigenvalue weighted by Gasteiger charge is 2.23. The Balaban J connectivity index is 1.14. The minimum absolute atomic E-state index is 1.08. The molecule has 1 heterocycles. The highest BCUT2D eigenvalue weighted by molar-refractivity contribution is 6.21. The topological polar surface area (TPSA) is 8.17 Å². The summed E-state index contributed by atoms with van der Waals surface area (Å²) in [5, 5.41) is 2.49. The Morgan fingerprint density at radius 2 is 0.597 bits per heavy atom. The van der Waals surface area contributed by atoms with Crippen molar-refractivity contribution < 1.29 is 0 Å². The summed E-state index contributed by atoms with van der Waals surface area (Å²) in [6.45, 7) is 0. The van der Waals surface area contributed by atoms with Gasteiger partial charge in [0.1, 0.15) is 0 Å². The van der Waals surface area contributed by atoms with E-state index in [0.717, 1.165) is 33.9 Å². The highest BCUT2D eigenvalue weighted by Crippen LogP contribution is 2.47. The number of nitrogens with zero attached hydrogens (tertiary/aromatic N) is 2. The van der Waals surface area contributed by atoms with Gasteiger partial charge in [0.2, 0.25) is 0 Å². The van der Waals surface area contributed by atoms with Gasteiger partial charge in [0.05, 0.1) is 22.4 Å². The average molecular weight is 791 g/mol. The van der Waals surface area contributed by atoms with E-state index in [1.54, 1.807) is 0 Å². The zero-order valence-electron chi connectivity index (χ0n) is 34.1. The van der Waals surface area contributed by atoms with Gasteiger partial charge in [-0.1, -0.05) is 206 Å². The number of rotatable bonds is 9. The van der Waals surface area contributed by atoms with Crippen LogP contribution in [-0.4, -0.2) is 4.57 Å².